The summed E-state index contributed by atoms with van der Waals surface area (Å²) in [7, 11) is 1.41. The first-order chi connectivity index (χ1) is 13.4. The van der Waals surface area contributed by atoms with Gasteiger partial charge in [-0.3, -0.25) is 4.79 Å². The highest BCUT2D eigenvalue weighted by Crippen LogP contribution is 2.34. The number of thiophene rings is 1. The lowest BCUT2D eigenvalue weighted by Gasteiger charge is -2.07. The van der Waals surface area contributed by atoms with Crippen molar-refractivity contribution in [2.75, 3.05) is 19.0 Å². The van der Waals surface area contributed by atoms with Gasteiger partial charge in [0.2, 0.25) is 0 Å². The summed E-state index contributed by atoms with van der Waals surface area (Å²) in [4.78, 5) is 24.4. The number of ether oxygens (including phenoxy) is 2. The van der Waals surface area contributed by atoms with Gasteiger partial charge in [0.05, 0.1) is 6.61 Å². The minimum absolute atomic E-state index is 0.00752. The molecule has 1 heterocycles. The van der Waals surface area contributed by atoms with E-state index in [1.54, 1.807) is 6.07 Å². The smallest absolute Gasteiger partial charge is 0.349 e. The van der Waals surface area contributed by atoms with Gasteiger partial charge in [0.25, 0.3) is 5.91 Å². The third-order valence-electron chi connectivity index (χ3n) is 3.78. The molecule has 1 N–H and O–H groups in total. The Kier molecular flexibility index (Phi) is 5.96. The molecule has 0 saturated carbocycles. The molecule has 0 atom stereocenters. The number of halogens is 3. The number of benzene rings is 2. The molecule has 0 fully saturated rings. The van der Waals surface area contributed by atoms with Gasteiger partial charge in [0, 0.05) is 34.5 Å². The lowest BCUT2D eigenvalue weighted by Crippen LogP contribution is -2.21. The molecule has 3 aromatic rings. The molecule has 0 spiro atoms. The first-order valence-electron chi connectivity index (χ1n) is 8.01. The summed E-state index contributed by atoms with van der Waals surface area (Å²) < 4.78 is 50.8. The second kappa shape index (κ2) is 8.41. The summed E-state index contributed by atoms with van der Waals surface area (Å²) in [5.41, 5.74) is 0.357. The lowest BCUT2D eigenvalue weighted by atomic mass is 10.1. The number of hydrogen-bond donors (Lipinski definition) is 1. The van der Waals surface area contributed by atoms with Gasteiger partial charge in [-0.1, -0.05) is 6.07 Å². The molecule has 0 aliphatic rings. The van der Waals surface area contributed by atoms with E-state index in [2.05, 4.69) is 5.32 Å². The largest absolute Gasteiger partial charge is 0.451 e. The fourth-order valence-electron chi connectivity index (χ4n) is 2.58. The van der Waals surface area contributed by atoms with E-state index in [9.17, 15) is 22.8 Å². The number of anilines is 1. The molecule has 9 heteroatoms. The molecular formula is C19H14F3NO4S. The molecule has 1 aromatic heterocycles. The molecule has 2 aromatic carbocycles. The van der Waals surface area contributed by atoms with Gasteiger partial charge in [0.15, 0.2) is 18.2 Å². The van der Waals surface area contributed by atoms with Crippen molar-refractivity contribution < 1.29 is 32.2 Å². The number of hydrogen-bond acceptors (Lipinski definition) is 5. The van der Waals surface area contributed by atoms with Crippen molar-refractivity contribution >= 4 is 39.0 Å². The van der Waals surface area contributed by atoms with Crippen LogP contribution in [0.1, 0.15) is 15.2 Å². The lowest BCUT2D eigenvalue weighted by molar-refractivity contribution is -0.119. The zero-order valence-electron chi connectivity index (χ0n) is 14.6. The molecule has 3 rings (SSSR count). The van der Waals surface area contributed by atoms with Gasteiger partial charge in [0.1, 0.15) is 10.7 Å². The highest BCUT2D eigenvalue weighted by molar-refractivity contribution is 7.21. The van der Waals surface area contributed by atoms with Crippen LogP contribution < -0.4 is 5.32 Å². The average molecular weight is 409 g/mol. The van der Waals surface area contributed by atoms with Crippen LogP contribution in [0.2, 0.25) is 0 Å². The highest BCUT2D eigenvalue weighted by Gasteiger charge is 2.22. The number of fused-ring (bicyclic) bond motifs is 1. The molecule has 146 valence electrons. The van der Waals surface area contributed by atoms with Crippen molar-refractivity contribution in [2.45, 2.75) is 6.61 Å². The van der Waals surface area contributed by atoms with Crippen LogP contribution in [0.4, 0.5) is 18.9 Å². The van der Waals surface area contributed by atoms with Crippen LogP contribution in [0, 0.1) is 17.5 Å². The number of amides is 1. The topological polar surface area (TPSA) is 64.6 Å². The van der Waals surface area contributed by atoms with Crippen molar-refractivity contribution in [3.8, 4) is 0 Å². The van der Waals surface area contributed by atoms with E-state index >= 15 is 0 Å². The van der Waals surface area contributed by atoms with Crippen molar-refractivity contribution in [3.05, 3.63) is 64.3 Å². The van der Waals surface area contributed by atoms with Gasteiger partial charge < -0.3 is 14.8 Å². The molecule has 0 bridgehead atoms. The van der Waals surface area contributed by atoms with Crippen LogP contribution in [0.3, 0.4) is 0 Å². The van der Waals surface area contributed by atoms with Crippen molar-refractivity contribution in [2.24, 2.45) is 0 Å². The summed E-state index contributed by atoms with van der Waals surface area (Å²) in [6, 6.07) is 7.30. The molecule has 0 aliphatic carbocycles. The van der Waals surface area contributed by atoms with Crippen LogP contribution in [0.5, 0.6) is 0 Å². The van der Waals surface area contributed by atoms with Gasteiger partial charge in [-0.15, -0.1) is 11.3 Å². The summed E-state index contributed by atoms with van der Waals surface area (Å²) in [6.45, 7) is -0.659. The Morgan fingerprint density at radius 3 is 2.57 bits per heavy atom. The van der Waals surface area contributed by atoms with Crippen LogP contribution in [0.15, 0.2) is 36.4 Å². The predicted molar refractivity (Wildman–Crippen MR) is 97.8 cm³/mol. The van der Waals surface area contributed by atoms with Gasteiger partial charge in [-0.05, 0) is 24.3 Å². The SMILES string of the molecule is COCc1c(C(=O)OCC(=O)Nc2ccc(F)c(F)c2)sc2cccc(F)c12. The zero-order valence-corrected chi connectivity index (χ0v) is 15.4. The summed E-state index contributed by atoms with van der Waals surface area (Å²) in [5.74, 6) is -4.21. The van der Waals surface area contributed by atoms with Gasteiger partial charge in [-0.25, -0.2) is 18.0 Å². The van der Waals surface area contributed by atoms with E-state index in [0.717, 1.165) is 23.5 Å². The van der Waals surface area contributed by atoms with Crippen molar-refractivity contribution in [1.82, 2.24) is 0 Å². The fourth-order valence-corrected chi connectivity index (χ4v) is 3.70. The van der Waals surface area contributed by atoms with Crippen LogP contribution in [-0.4, -0.2) is 25.6 Å². The average Bonchev–Trinajstić information content (AvgIpc) is 3.03. The Labute approximate surface area is 161 Å². The molecule has 5 nitrogen and oxygen atoms in total. The van der Waals surface area contributed by atoms with Gasteiger partial charge >= 0.3 is 5.97 Å². The quantitative estimate of drug-likeness (QED) is 0.618. The number of esters is 1. The van der Waals surface area contributed by atoms with Crippen molar-refractivity contribution in [1.29, 1.82) is 0 Å². The minimum Gasteiger partial charge on any atom is -0.451 e. The monoisotopic (exact) mass is 409 g/mol. The van der Waals surface area contributed by atoms with E-state index in [1.165, 1.54) is 25.3 Å². The molecule has 0 radical (unpaired) electrons. The normalized spacial score (nSPS) is 10.9. The number of rotatable bonds is 6. The van der Waals surface area contributed by atoms with Crippen molar-refractivity contribution in [3.63, 3.8) is 0 Å². The Morgan fingerprint density at radius 1 is 1.07 bits per heavy atom. The minimum atomic E-state index is -1.12. The predicted octanol–water partition coefficient (Wildman–Crippen LogP) is 4.26. The Balaban J connectivity index is 1.72. The second-order valence-corrected chi connectivity index (χ2v) is 6.76. The zero-order chi connectivity index (χ0) is 20.3. The van der Waals surface area contributed by atoms with E-state index in [4.69, 9.17) is 9.47 Å². The standard InChI is InChI=1S/C19H14F3NO4S/c1-26-8-11-17-13(21)3-2-4-15(17)28-18(11)19(25)27-9-16(24)23-10-5-6-12(20)14(22)7-10/h2-7H,8-9H2,1H3,(H,23,24). The molecule has 0 unspecified atom stereocenters. The molecule has 0 saturated heterocycles. The van der Waals surface area contributed by atoms with Crippen LogP contribution in [-0.2, 0) is 20.9 Å². The van der Waals surface area contributed by atoms with Crippen LogP contribution in [0.25, 0.3) is 10.1 Å². The maximum atomic E-state index is 14.1. The van der Waals surface area contributed by atoms with E-state index in [1.807, 2.05) is 0 Å². The van der Waals surface area contributed by atoms with Crippen LogP contribution >= 0.6 is 11.3 Å². The Hall–Kier alpha value is -2.91. The number of carbonyl (C=O) groups excluding carboxylic acids is 2. The molecule has 0 aliphatic heterocycles. The summed E-state index contributed by atoms with van der Waals surface area (Å²) >= 11 is 1.03. The second-order valence-electron chi connectivity index (χ2n) is 5.71. The maximum absolute atomic E-state index is 14.1. The number of carbonyl (C=O) groups is 2. The Morgan fingerprint density at radius 2 is 1.86 bits per heavy atom. The Bertz CT molecular complexity index is 1050. The summed E-state index contributed by atoms with van der Waals surface area (Å²) in [6.07, 6.45) is 0. The molecule has 1 amide bonds. The maximum Gasteiger partial charge on any atom is 0.349 e. The molecular weight excluding hydrogens is 395 g/mol. The molecule has 28 heavy (non-hydrogen) atoms. The number of methoxy groups -OCH3 is 1. The summed E-state index contributed by atoms with van der Waals surface area (Å²) in [5, 5.41) is 2.56. The third kappa shape index (κ3) is 4.15. The number of nitrogens with one attached hydrogen (secondary N) is 1. The first-order valence-corrected chi connectivity index (χ1v) is 8.83. The van der Waals surface area contributed by atoms with Gasteiger partial charge in [-0.2, -0.15) is 0 Å². The fraction of sp³-hybridized carbons (Fsp3) is 0.158. The van der Waals surface area contributed by atoms with E-state index in [0.29, 0.717) is 10.3 Å². The third-order valence-corrected chi connectivity index (χ3v) is 4.95. The van der Waals surface area contributed by atoms with E-state index in [-0.39, 0.29) is 22.6 Å². The van der Waals surface area contributed by atoms with E-state index < -0.39 is 35.9 Å². The first kappa shape index (κ1) is 19.8. The highest BCUT2D eigenvalue weighted by atomic mass is 32.1.